The van der Waals surface area contributed by atoms with Gasteiger partial charge in [0.15, 0.2) is 0 Å². The van der Waals surface area contributed by atoms with E-state index in [1.807, 2.05) is 0 Å². The van der Waals surface area contributed by atoms with Crippen molar-refractivity contribution in [2.75, 3.05) is 6.54 Å². The van der Waals surface area contributed by atoms with E-state index in [1.54, 1.807) is 12.1 Å². The number of aromatic hydroxyl groups is 1. The van der Waals surface area contributed by atoms with E-state index in [0.29, 0.717) is 6.54 Å². The maximum Gasteiger partial charge on any atom is 0.257 e. The molecule has 21 heavy (non-hydrogen) atoms. The van der Waals surface area contributed by atoms with Gasteiger partial charge >= 0.3 is 0 Å². The van der Waals surface area contributed by atoms with Gasteiger partial charge in [0.05, 0.1) is 11.6 Å². The van der Waals surface area contributed by atoms with Crippen molar-refractivity contribution < 1.29 is 18.7 Å². The van der Waals surface area contributed by atoms with Crippen molar-refractivity contribution in [3.05, 3.63) is 65.2 Å². The highest BCUT2D eigenvalue weighted by atomic mass is 19.1. The highest BCUT2D eigenvalue weighted by Crippen LogP contribution is 2.35. The maximum absolute atomic E-state index is 13.7. The van der Waals surface area contributed by atoms with Gasteiger partial charge in [0.25, 0.3) is 5.91 Å². The van der Waals surface area contributed by atoms with E-state index in [9.17, 15) is 18.7 Å². The Morgan fingerprint density at radius 1 is 1.14 bits per heavy atom. The van der Waals surface area contributed by atoms with Gasteiger partial charge in [0, 0.05) is 6.54 Å². The first-order valence-electron chi connectivity index (χ1n) is 6.61. The SMILES string of the molecule is O=C(c1cc(O)ccc1F)N1CCC1c1ccc(F)cc1. The normalized spacial score (nSPS) is 17.4. The van der Waals surface area contributed by atoms with Gasteiger partial charge in [0.2, 0.25) is 0 Å². The molecule has 0 radical (unpaired) electrons. The van der Waals surface area contributed by atoms with E-state index >= 15 is 0 Å². The molecule has 1 unspecified atom stereocenters. The third kappa shape index (κ3) is 2.46. The molecule has 1 heterocycles. The number of amides is 1. The number of carbonyl (C=O) groups excluding carboxylic acids is 1. The third-order valence-corrected chi connectivity index (χ3v) is 3.72. The fourth-order valence-electron chi connectivity index (χ4n) is 2.49. The van der Waals surface area contributed by atoms with Crippen LogP contribution in [0.1, 0.15) is 28.4 Å². The van der Waals surface area contributed by atoms with Crippen LogP contribution in [0.4, 0.5) is 8.78 Å². The summed E-state index contributed by atoms with van der Waals surface area (Å²) in [5, 5.41) is 9.39. The van der Waals surface area contributed by atoms with E-state index in [0.717, 1.165) is 24.1 Å². The van der Waals surface area contributed by atoms with Crippen LogP contribution < -0.4 is 0 Å². The molecule has 3 rings (SSSR count). The summed E-state index contributed by atoms with van der Waals surface area (Å²) >= 11 is 0. The van der Waals surface area contributed by atoms with Crippen molar-refractivity contribution in [3.8, 4) is 5.75 Å². The fourth-order valence-corrected chi connectivity index (χ4v) is 2.49. The summed E-state index contributed by atoms with van der Waals surface area (Å²) in [6, 6.07) is 9.12. The zero-order valence-electron chi connectivity index (χ0n) is 11.1. The minimum atomic E-state index is -0.664. The van der Waals surface area contributed by atoms with Crippen molar-refractivity contribution in [2.24, 2.45) is 0 Å². The second-order valence-electron chi connectivity index (χ2n) is 5.02. The van der Waals surface area contributed by atoms with Crippen LogP contribution >= 0.6 is 0 Å². The van der Waals surface area contributed by atoms with E-state index in [4.69, 9.17) is 0 Å². The topological polar surface area (TPSA) is 40.5 Å². The zero-order valence-corrected chi connectivity index (χ0v) is 11.1. The monoisotopic (exact) mass is 289 g/mol. The van der Waals surface area contributed by atoms with Gasteiger partial charge in [-0.05, 0) is 42.3 Å². The van der Waals surface area contributed by atoms with Gasteiger partial charge in [-0.3, -0.25) is 4.79 Å². The summed E-state index contributed by atoms with van der Waals surface area (Å²) in [7, 11) is 0. The molecule has 2 aromatic carbocycles. The molecule has 0 saturated carbocycles. The molecule has 1 amide bonds. The Hall–Kier alpha value is -2.43. The van der Waals surface area contributed by atoms with Gasteiger partial charge in [-0.15, -0.1) is 0 Å². The van der Waals surface area contributed by atoms with Crippen LogP contribution in [-0.4, -0.2) is 22.5 Å². The van der Waals surface area contributed by atoms with Gasteiger partial charge in [-0.2, -0.15) is 0 Å². The molecule has 1 N–H and O–H groups in total. The molecule has 1 fully saturated rings. The number of nitrogens with zero attached hydrogens (tertiary/aromatic N) is 1. The molecule has 1 aliphatic heterocycles. The van der Waals surface area contributed by atoms with Crippen molar-refractivity contribution in [1.82, 2.24) is 4.90 Å². The summed E-state index contributed by atoms with van der Waals surface area (Å²) in [5.41, 5.74) is 0.665. The zero-order chi connectivity index (χ0) is 15.0. The van der Waals surface area contributed by atoms with E-state index in [2.05, 4.69) is 0 Å². The maximum atomic E-state index is 13.7. The largest absolute Gasteiger partial charge is 0.508 e. The lowest BCUT2D eigenvalue weighted by molar-refractivity contribution is 0.0455. The summed E-state index contributed by atoms with van der Waals surface area (Å²) in [5.74, 6) is -1.62. The molecule has 0 spiro atoms. The minimum Gasteiger partial charge on any atom is -0.508 e. The predicted octanol–water partition coefficient (Wildman–Crippen LogP) is 3.26. The van der Waals surface area contributed by atoms with Crippen LogP contribution in [0.25, 0.3) is 0 Å². The molecule has 0 aliphatic carbocycles. The molecule has 2 aromatic rings. The quantitative estimate of drug-likeness (QED) is 0.922. The van der Waals surface area contributed by atoms with Crippen LogP contribution in [0, 0.1) is 11.6 Å². The number of carbonyl (C=O) groups is 1. The number of phenolic OH excluding ortho intramolecular Hbond substituents is 1. The van der Waals surface area contributed by atoms with E-state index in [-0.39, 0.29) is 23.2 Å². The number of rotatable bonds is 2. The van der Waals surface area contributed by atoms with E-state index in [1.165, 1.54) is 23.1 Å². The van der Waals surface area contributed by atoms with Gasteiger partial charge < -0.3 is 10.0 Å². The predicted molar refractivity (Wildman–Crippen MR) is 72.9 cm³/mol. The highest BCUT2D eigenvalue weighted by molar-refractivity contribution is 5.95. The molecular weight excluding hydrogens is 276 g/mol. The second kappa shape index (κ2) is 5.16. The third-order valence-electron chi connectivity index (χ3n) is 3.72. The first-order chi connectivity index (χ1) is 10.1. The summed E-state index contributed by atoms with van der Waals surface area (Å²) < 4.78 is 26.6. The van der Waals surface area contributed by atoms with E-state index < -0.39 is 11.7 Å². The number of likely N-dealkylation sites (tertiary alicyclic amines) is 1. The Kier molecular flexibility index (Phi) is 3.33. The average Bonchev–Trinajstić information content (AvgIpc) is 2.42. The molecule has 1 saturated heterocycles. The molecule has 3 nitrogen and oxygen atoms in total. The number of halogens is 2. The van der Waals surface area contributed by atoms with Gasteiger partial charge in [-0.1, -0.05) is 12.1 Å². The molecule has 1 atom stereocenters. The number of phenols is 1. The van der Waals surface area contributed by atoms with Crippen LogP contribution in [-0.2, 0) is 0 Å². The van der Waals surface area contributed by atoms with Crippen LogP contribution in [0.2, 0.25) is 0 Å². The Morgan fingerprint density at radius 2 is 1.86 bits per heavy atom. The number of benzene rings is 2. The lowest BCUT2D eigenvalue weighted by Crippen LogP contribution is -2.45. The molecule has 1 aliphatic rings. The Morgan fingerprint density at radius 3 is 2.48 bits per heavy atom. The summed E-state index contributed by atoms with van der Waals surface area (Å²) in [4.78, 5) is 13.9. The second-order valence-corrected chi connectivity index (χ2v) is 5.02. The van der Waals surface area contributed by atoms with Crippen LogP contribution in [0.5, 0.6) is 5.75 Å². The van der Waals surface area contributed by atoms with Crippen molar-refractivity contribution in [1.29, 1.82) is 0 Å². The highest BCUT2D eigenvalue weighted by Gasteiger charge is 2.34. The van der Waals surface area contributed by atoms with Crippen molar-refractivity contribution in [2.45, 2.75) is 12.5 Å². The first kappa shape index (κ1) is 13.5. The Bertz CT molecular complexity index is 685. The molecule has 5 heteroatoms. The number of hydrogen-bond donors (Lipinski definition) is 1. The van der Waals surface area contributed by atoms with Crippen molar-refractivity contribution >= 4 is 5.91 Å². The lowest BCUT2D eigenvalue weighted by atomic mass is 9.93. The first-order valence-corrected chi connectivity index (χ1v) is 6.61. The van der Waals surface area contributed by atoms with Crippen LogP contribution in [0.15, 0.2) is 42.5 Å². The van der Waals surface area contributed by atoms with Gasteiger partial charge in [0.1, 0.15) is 17.4 Å². The molecular formula is C16H13F2NO2. The lowest BCUT2D eigenvalue weighted by Gasteiger charge is -2.41. The minimum absolute atomic E-state index is 0.151. The Labute approximate surface area is 120 Å². The van der Waals surface area contributed by atoms with Crippen LogP contribution in [0.3, 0.4) is 0 Å². The smallest absolute Gasteiger partial charge is 0.257 e. The average molecular weight is 289 g/mol. The summed E-state index contributed by atoms with van der Waals surface area (Å²) in [6.07, 6.45) is 0.748. The number of hydrogen-bond acceptors (Lipinski definition) is 2. The molecule has 0 aromatic heterocycles. The van der Waals surface area contributed by atoms with Crippen molar-refractivity contribution in [3.63, 3.8) is 0 Å². The molecule has 108 valence electrons. The Balaban J connectivity index is 1.85. The fraction of sp³-hybridized carbons (Fsp3) is 0.188. The summed E-state index contributed by atoms with van der Waals surface area (Å²) in [6.45, 7) is 0.510. The molecule has 0 bridgehead atoms. The standard InChI is InChI=1S/C16H13F2NO2/c17-11-3-1-10(2-4-11)15-7-8-19(15)16(21)13-9-12(20)5-6-14(13)18/h1-6,9,15,20H,7-8H2. The van der Waals surface area contributed by atoms with Gasteiger partial charge in [-0.25, -0.2) is 8.78 Å².